The van der Waals surface area contributed by atoms with Crippen LogP contribution in [0.5, 0.6) is 0 Å². The summed E-state index contributed by atoms with van der Waals surface area (Å²) in [5.41, 5.74) is 0.0170. The molecule has 0 saturated heterocycles. The smallest absolute Gasteiger partial charge is 0.341 e. The first-order valence-electron chi connectivity index (χ1n) is 9.55. The number of anilines is 1. The summed E-state index contributed by atoms with van der Waals surface area (Å²) in [7, 11) is 0. The number of carbonyl (C=O) groups is 3. The number of thiophene rings is 1. The van der Waals surface area contributed by atoms with Gasteiger partial charge in [-0.1, -0.05) is 24.9 Å². The van der Waals surface area contributed by atoms with Crippen molar-refractivity contribution in [3.8, 4) is 0 Å². The van der Waals surface area contributed by atoms with Crippen LogP contribution < -0.4 is 10.6 Å². The lowest BCUT2D eigenvalue weighted by Crippen LogP contribution is -2.24. The molecule has 2 amide bonds. The highest BCUT2D eigenvalue weighted by molar-refractivity contribution is 7.18. The molecule has 0 bridgehead atoms. The van der Waals surface area contributed by atoms with Crippen molar-refractivity contribution in [3.05, 3.63) is 54.9 Å². The molecule has 2 N–H and O–H groups in total. The van der Waals surface area contributed by atoms with Crippen molar-refractivity contribution in [1.29, 1.82) is 0 Å². The van der Waals surface area contributed by atoms with Crippen molar-refractivity contribution >= 4 is 51.4 Å². The van der Waals surface area contributed by atoms with Gasteiger partial charge >= 0.3 is 5.97 Å². The van der Waals surface area contributed by atoms with Gasteiger partial charge in [-0.25, -0.2) is 4.79 Å². The van der Waals surface area contributed by atoms with E-state index in [1.165, 1.54) is 12.1 Å². The zero-order valence-corrected chi connectivity index (χ0v) is 18.8. The molecule has 0 saturated carbocycles. The van der Waals surface area contributed by atoms with Gasteiger partial charge in [-0.15, -0.1) is 11.3 Å². The Balaban J connectivity index is 2.40. The second kappa shape index (κ2) is 10.9. The highest BCUT2D eigenvalue weighted by atomic mass is 35.5. The molecule has 0 aliphatic carbocycles. The molecule has 31 heavy (non-hydrogen) atoms. The molecule has 0 unspecified atom stereocenters. The van der Waals surface area contributed by atoms with Crippen LogP contribution in [0.3, 0.4) is 0 Å². The molecule has 0 spiro atoms. The van der Waals surface area contributed by atoms with E-state index in [1.807, 2.05) is 6.92 Å². The maximum Gasteiger partial charge on any atom is 0.341 e. The standard InChI is InChI=1S/C20H22ClN3O6S/c1-4-6-9-22-18(26)16-11(3)15(20(27)30-5-2)19(31-16)23-17(25)12-7-8-13(21)14(10-12)24(28)29/h7-8,10H,4-6,9H2,1-3H3,(H,22,26)(H,23,25). The molecule has 1 aromatic heterocycles. The van der Waals surface area contributed by atoms with E-state index in [0.29, 0.717) is 12.1 Å². The number of amides is 2. The Morgan fingerprint density at radius 3 is 2.55 bits per heavy atom. The summed E-state index contributed by atoms with van der Waals surface area (Å²) in [6.45, 7) is 5.83. The number of nitrogens with zero attached hydrogens (tertiary/aromatic N) is 1. The Morgan fingerprint density at radius 2 is 1.94 bits per heavy atom. The summed E-state index contributed by atoms with van der Waals surface area (Å²) in [6, 6.07) is 3.61. The van der Waals surface area contributed by atoms with Crippen LogP contribution in [0.4, 0.5) is 10.7 Å². The lowest BCUT2D eigenvalue weighted by molar-refractivity contribution is -0.384. The van der Waals surface area contributed by atoms with Crippen LogP contribution in [0.15, 0.2) is 18.2 Å². The van der Waals surface area contributed by atoms with E-state index in [2.05, 4.69) is 10.6 Å². The highest BCUT2D eigenvalue weighted by Crippen LogP contribution is 2.34. The third-order valence-electron chi connectivity index (χ3n) is 4.28. The van der Waals surface area contributed by atoms with Crippen LogP contribution in [-0.2, 0) is 4.74 Å². The van der Waals surface area contributed by atoms with Crippen molar-refractivity contribution in [1.82, 2.24) is 5.32 Å². The largest absolute Gasteiger partial charge is 0.462 e. The van der Waals surface area contributed by atoms with Crippen molar-refractivity contribution in [3.63, 3.8) is 0 Å². The number of hydrogen-bond donors (Lipinski definition) is 2. The average molecular weight is 468 g/mol. The minimum absolute atomic E-state index is 0.0223. The van der Waals surface area contributed by atoms with Crippen LogP contribution in [0.25, 0.3) is 0 Å². The van der Waals surface area contributed by atoms with E-state index >= 15 is 0 Å². The predicted molar refractivity (Wildman–Crippen MR) is 118 cm³/mol. The number of benzene rings is 1. The fourth-order valence-electron chi connectivity index (χ4n) is 2.70. The number of ether oxygens (including phenoxy) is 1. The van der Waals surface area contributed by atoms with Gasteiger partial charge in [-0.3, -0.25) is 19.7 Å². The first kappa shape index (κ1) is 24.3. The summed E-state index contributed by atoms with van der Waals surface area (Å²) < 4.78 is 5.07. The Kier molecular flexibility index (Phi) is 8.52. The number of nitrogens with one attached hydrogen (secondary N) is 2. The van der Waals surface area contributed by atoms with Crippen LogP contribution in [-0.4, -0.2) is 35.9 Å². The normalized spacial score (nSPS) is 10.5. The molecule has 0 aliphatic heterocycles. The van der Waals surface area contributed by atoms with Gasteiger partial charge in [-0.2, -0.15) is 0 Å². The van der Waals surface area contributed by atoms with Crippen LogP contribution in [0.1, 0.15) is 62.6 Å². The lowest BCUT2D eigenvalue weighted by Gasteiger charge is -2.07. The minimum atomic E-state index is -0.697. The number of rotatable bonds is 9. The maximum absolute atomic E-state index is 12.7. The summed E-state index contributed by atoms with van der Waals surface area (Å²) in [5, 5.41) is 16.5. The van der Waals surface area contributed by atoms with Gasteiger partial charge in [0.2, 0.25) is 0 Å². The van der Waals surface area contributed by atoms with Gasteiger partial charge in [0.1, 0.15) is 10.0 Å². The zero-order chi connectivity index (χ0) is 23.1. The van der Waals surface area contributed by atoms with Gasteiger partial charge in [0.15, 0.2) is 0 Å². The Morgan fingerprint density at radius 1 is 1.23 bits per heavy atom. The molecular formula is C20H22ClN3O6S. The molecule has 0 aliphatic rings. The summed E-state index contributed by atoms with van der Waals surface area (Å²) in [6.07, 6.45) is 1.71. The van der Waals surface area contributed by atoms with E-state index in [1.54, 1.807) is 13.8 Å². The molecular weight excluding hydrogens is 446 g/mol. The van der Waals surface area contributed by atoms with E-state index < -0.39 is 22.5 Å². The number of unbranched alkanes of at least 4 members (excludes halogenated alkanes) is 1. The van der Waals surface area contributed by atoms with Crippen LogP contribution in [0.2, 0.25) is 5.02 Å². The van der Waals surface area contributed by atoms with E-state index in [0.717, 1.165) is 30.2 Å². The van der Waals surface area contributed by atoms with Gasteiger partial charge in [0.25, 0.3) is 17.5 Å². The Labute approximate surface area is 187 Å². The monoisotopic (exact) mass is 467 g/mol. The zero-order valence-electron chi connectivity index (χ0n) is 17.2. The van der Waals surface area contributed by atoms with Crippen molar-refractivity contribution in [2.75, 3.05) is 18.5 Å². The van der Waals surface area contributed by atoms with Gasteiger partial charge < -0.3 is 15.4 Å². The Bertz CT molecular complexity index is 1020. The van der Waals surface area contributed by atoms with E-state index in [9.17, 15) is 24.5 Å². The number of hydrogen-bond acceptors (Lipinski definition) is 7. The summed E-state index contributed by atoms with van der Waals surface area (Å²) >= 11 is 6.73. The first-order valence-corrected chi connectivity index (χ1v) is 10.7. The summed E-state index contributed by atoms with van der Waals surface area (Å²) in [4.78, 5) is 48.4. The molecule has 2 aromatic rings. The lowest BCUT2D eigenvalue weighted by atomic mass is 10.1. The summed E-state index contributed by atoms with van der Waals surface area (Å²) in [5.74, 6) is -1.73. The third-order valence-corrected chi connectivity index (χ3v) is 5.81. The molecule has 0 atom stereocenters. The van der Waals surface area contributed by atoms with Gasteiger partial charge in [-0.05, 0) is 38.0 Å². The third kappa shape index (κ3) is 5.80. The van der Waals surface area contributed by atoms with Crippen LogP contribution >= 0.6 is 22.9 Å². The van der Waals surface area contributed by atoms with Crippen molar-refractivity contribution < 1.29 is 24.0 Å². The van der Waals surface area contributed by atoms with E-state index in [-0.39, 0.29) is 38.5 Å². The van der Waals surface area contributed by atoms with Gasteiger partial charge in [0.05, 0.1) is 22.0 Å². The number of nitro groups is 1. The van der Waals surface area contributed by atoms with Crippen LogP contribution in [0, 0.1) is 17.0 Å². The molecule has 1 heterocycles. The number of carbonyl (C=O) groups excluding carboxylic acids is 3. The maximum atomic E-state index is 12.7. The molecule has 11 heteroatoms. The molecule has 9 nitrogen and oxygen atoms in total. The molecule has 0 fully saturated rings. The van der Waals surface area contributed by atoms with Crippen molar-refractivity contribution in [2.45, 2.75) is 33.6 Å². The number of esters is 1. The SMILES string of the molecule is CCCCNC(=O)c1sc(NC(=O)c2ccc(Cl)c([N+](=O)[O-])c2)c(C(=O)OCC)c1C. The first-order chi connectivity index (χ1) is 14.7. The number of halogens is 1. The Hall–Kier alpha value is -2.98. The number of nitro benzene ring substituents is 1. The second-order valence-electron chi connectivity index (χ2n) is 6.47. The average Bonchev–Trinajstić information content (AvgIpc) is 3.04. The molecule has 0 radical (unpaired) electrons. The molecule has 2 rings (SSSR count). The quantitative estimate of drug-likeness (QED) is 0.240. The highest BCUT2D eigenvalue weighted by Gasteiger charge is 2.27. The predicted octanol–water partition coefficient (Wildman–Crippen LogP) is 4.58. The topological polar surface area (TPSA) is 128 Å². The molecule has 1 aromatic carbocycles. The van der Waals surface area contributed by atoms with Crippen molar-refractivity contribution in [2.24, 2.45) is 0 Å². The molecule has 166 valence electrons. The fraction of sp³-hybridized carbons (Fsp3) is 0.350. The van der Waals surface area contributed by atoms with E-state index in [4.69, 9.17) is 16.3 Å². The fourth-order valence-corrected chi connectivity index (χ4v) is 3.99. The second-order valence-corrected chi connectivity index (χ2v) is 7.90. The minimum Gasteiger partial charge on any atom is -0.462 e. The van der Waals surface area contributed by atoms with Gasteiger partial charge in [0, 0.05) is 18.2 Å².